The second-order valence-corrected chi connectivity index (χ2v) is 4.43. The number of amides is 2. The van der Waals surface area contributed by atoms with Crippen LogP contribution in [0.5, 0.6) is 0 Å². The van der Waals surface area contributed by atoms with Crippen molar-refractivity contribution in [3.05, 3.63) is 51.3 Å². The van der Waals surface area contributed by atoms with Crippen LogP contribution < -0.4 is 16.4 Å². The minimum atomic E-state index is -0.923. The highest BCUT2D eigenvalue weighted by Gasteiger charge is 2.33. The lowest BCUT2D eigenvalue weighted by Crippen LogP contribution is -2.48. The molecule has 0 fully saturated rings. The molecule has 1 aromatic rings. The number of ether oxygens (including phenoxy) is 1. The lowest BCUT2D eigenvalue weighted by molar-refractivity contribution is -0.384. The van der Waals surface area contributed by atoms with E-state index < -0.39 is 23.0 Å². The third kappa shape index (κ3) is 2.97. The van der Waals surface area contributed by atoms with E-state index >= 15 is 0 Å². The lowest BCUT2D eigenvalue weighted by Gasteiger charge is -2.27. The van der Waals surface area contributed by atoms with Gasteiger partial charge in [-0.15, -0.1) is 0 Å². The van der Waals surface area contributed by atoms with Crippen molar-refractivity contribution in [3.8, 4) is 0 Å². The van der Waals surface area contributed by atoms with Crippen LogP contribution >= 0.6 is 0 Å². The molecule has 9 heteroatoms. The first kappa shape index (κ1) is 15.3. The van der Waals surface area contributed by atoms with Crippen molar-refractivity contribution in [2.75, 3.05) is 6.61 Å². The standard InChI is InChI=1S/C13H14N4O5/c1-2-22-12(18)9-10(15-13(19)16-11(9)14)7-4-3-5-8(6-7)17(20)21/h3-6,10H,2,14H2,1H3,(H2,15,16,19). The van der Waals surface area contributed by atoms with Gasteiger partial charge in [0.05, 0.1) is 17.6 Å². The van der Waals surface area contributed by atoms with E-state index in [2.05, 4.69) is 10.6 Å². The minimum absolute atomic E-state index is 0.00180. The molecule has 0 saturated heterocycles. The van der Waals surface area contributed by atoms with Crippen LogP contribution in [-0.2, 0) is 9.53 Å². The summed E-state index contributed by atoms with van der Waals surface area (Å²) in [6.45, 7) is 1.76. The fraction of sp³-hybridized carbons (Fsp3) is 0.231. The zero-order valence-electron chi connectivity index (χ0n) is 11.7. The fourth-order valence-corrected chi connectivity index (χ4v) is 2.09. The van der Waals surface area contributed by atoms with Crippen molar-refractivity contribution in [3.63, 3.8) is 0 Å². The van der Waals surface area contributed by atoms with E-state index in [-0.39, 0.29) is 23.7 Å². The van der Waals surface area contributed by atoms with Crippen LogP contribution in [0.2, 0.25) is 0 Å². The lowest BCUT2D eigenvalue weighted by atomic mass is 9.97. The smallest absolute Gasteiger partial charge is 0.340 e. The van der Waals surface area contributed by atoms with Crippen LogP contribution in [0.1, 0.15) is 18.5 Å². The molecule has 1 heterocycles. The normalized spacial score (nSPS) is 17.5. The van der Waals surface area contributed by atoms with Crippen LogP contribution in [-0.4, -0.2) is 23.5 Å². The zero-order valence-corrected chi connectivity index (χ0v) is 11.7. The summed E-state index contributed by atoms with van der Waals surface area (Å²) in [6, 6.07) is 4.05. The van der Waals surface area contributed by atoms with E-state index in [1.165, 1.54) is 18.2 Å². The van der Waals surface area contributed by atoms with Gasteiger partial charge in [-0.3, -0.25) is 15.4 Å². The molecule has 4 N–H and O–H groups in total. The molecular formula is C13H14N4O5. The zero-order chi connectivity index (χ0) is 16.3. The van der Waals surface area contributed by atoms with Crippen LogP contribution in [0.3, 0.4) is 0 Å². The minimum Gasteiger partial charge on any atom is -0.462 e. The summed E-state index contributed by atoms with van der Waals surface area (Å²) in [6.07, 6.45) is 0. The van der Waals surface area contributed by atoms with Crippen molar-refractivity contribution in [1.82, 2.24) is 10.6 Å². The van der Waals surface area contributed by atoms with E-state index in [9.17, 15) is 19.7 Å². The average Bonchev–Trinajstić information content (AvgIpc) is 2.46. The second-order valence-electron chi connectivity index (χ2n) is 4.43. The molecule has 2 amide bonds. The number of rotatable bonds is 4. The number of esters is 1. The molecule has 2 rings (SSSR count). The number of hydrogen-bond acceptors (Lipinski definition) is 6. The Morgan fingerprint density at radius 1 is 1.50 bits per heavy atom. The molecule has 9 nitrogen and oxygen atoms in total. The van der Waals surface area contributed by atoms with Gasteiger partial charge in [-0.05, 0) is 12.5 Å². The maximum Gasteiger partial charge on any atom is 0.340 e. The van der Waals surface area contributed by atoms with E-state index in [4.69, 9.17) is 10.5 Å². The Hall–Kier alpha value is -3.10. The Morgan fingerprint density at radius 3 is 2.86 bits per heavy atom. The predicted octanol–water partition coefficient (Wildman–Crippen LogP) is 0.682. The summed E-state index contributed by atoms with van der Waals surface area (Å²) in [5, 5.41) is 15.6. The number of hydrogen-bond donors (Lipinski definition) is 3. The largest absolute Gasteiger partial charge is 0.462 e. The summed E-state index contributed by atoms with van der Waals surface area (Å²) in [5.41, 5.74) is 5.90. The van der Waals surface area contributed by atoms with Gasteiger partial charge in [0.25, 0.3) is 5.69 Å². The van der Waals surface area contributed by atoms with Crippen LogP contribution in [0.15, 0.2) is 35.7 Å². The van der Waals surface area contributed by atoms with Crippen molar-refractivity contribution < 1.29 is 19.2 Å². The summed E-state index contributed by atoms with van der Waals surface area (Å²) in [7, 11) is 0. The Morgan fingerprint density at radius 2 is 2.23 bits per heavy atom. The second kappa shape index (κ2) is 6.12. The third-order valence-electron chi connectivity index (χ3n) is 3.01. The SMILES string of the molecule is CCOC(=O)C1=C(N)NC(=O)NC1c1cccc([N+](=O)[O-])c1. The van der Waals surface area contributed by atoms with E-state index in [0.29, 0.717) is 5.56 Å². The highest BCUT2D eigenvalue weighted by molar-refractivity contribution is 5.94. The molecule has 0 bridgehead atoms. The molecule has 1 aliphatic rings. The van der Waals surface area contributed by atoms with Crippen LogP contribution in [0, 0.1) is 10.1 Å². The predicted molar refractivity (Wildman–Crippen MR) is 75.4 cm³/mol. The summed E-state index contributed by atoms with van der Waals surface area (Å²) in [5.74, 6) is -0.845. The van der Waals surface area contributed by atoms with E-state index in [1.54, 1.807) is 13.0 Å². The van der Waals surface area contributed by atoms with Crippen molar-refractivity contribution in [1.29, 1.82) is 0 Å². The van der Waals surface area contributed by atoms with Gasteiger partial charge in [0, 0.05) is 12.1 Å². The molecule has 0 radical (unpaired) electrons. The molecule has 1 aromatic carbocycles. The topological polar surface area (TPSA) is 137 Å². The molecule has 1 atom stereocenters. The molecule has 0 aromatic heterocycles. The van der Waals surface area contributed by atoms with Crippen molar-refractivity contribution >= 4 is 17.7 Å². The Labute approximate surface area is 125 Å². The van der Waals surface area contributed by atoms with Gasteiger partial charge in [0.1, 0.15) is 11.4 Å². The number of carbonyl (C=O) groups excluding carboxylic acids is 2. The van der Waals surface area contributed by atoms with Gasteiger partial charge in [-0.1, -0.05) is 12.1 Å². The number of nitro benzene ring substituents is 1. The maximum absolute atomic E-state index is 12.0. The number of nitrogens with two attached hydrogens (primary N) is 1. The molecule has 0 saturated carbocycles. The number of carbonyl (C=O) groups is 2. The number of nitrogens with zero attached hydrogens (tertiary/aromatic N) is 1. The Kier molecular flexibility index (Phi) is 4.25. The first-order valence-electron chi connectivity index (χ1n) is 6.42. The molecule has 116 valence electrons. The maximum atomic E-state index is 12.0. The first-order valence-corrected chi connectivity index (χ1v) is 6.42. The number of benzene rings is 1. The average molecular weight is 306 g/mol. The highest BCUT2D eigenvalue weighted by atomic mass is 16.6. The molecule has 0 spiro atoms. The van der Waals surface area contributed by atoms with E-state index in [0.717, 1.165) is 0 Å². The summed E-state index contributed by atoms with van der Waals surface area (Å²) in [4.78, 5) is 33.9. The summed E-state index contributed by atoms with van der Waals surface area (Å²) >= 11 is 0. The van der Waals surface area contributed by atoms with Gasteiger partial charge in [-0.2, -0.15) is 0 Å². The van der Waals surface area contributed by atoms with E-state index in [1.807, 2.05) is 0 Å². The summed E-state index contributed by atoms with van der Waals surface area (Å²) < 4.78 is 4.91. The Balaban J connectivity index is 2.47. The Bertz CT molecular complexity index is 670. The number of nitrogens with one attached hydrogen (secondary N) is 2. The van der Waals surface area contributed by atoms with Gasteiger partial charge in [0.15, 0.2) is 0 Å². The van der Waals surface area contributed by atoms with Crippen molar-refractivity contribution in [2.45, 2.75) is 13.0 Å². The first-order chi connectivity index (χ1) is 10.4. The van der Waals surface area contributed by atoms with Gasteiger partial charge >= 0.3 is 12.0 Å². The van der Waals surface area contributed by atoms with Crippen LogP contribution in [0.4, 0.5) is 10.5 Å². The van der Waals surface area contributed by atoms with Crippen LogP contribution in [0.25, 0.3) is 0 Å². The van der Waals surface area contributed by atoms with Gasteiger partial charge in [-0.25, -0.2) is 9.59 Å². The molecular weight excluding hydrogens is 292 g/mol. The number of urea groups is 1. The molecule has 1 unspecified atom stereocenters. The van der Waals surface area contributed by atoms with Crippen molar-refractivity contribution in [2.24, 2.45) is 5.73 Å². The molecule has 22 heavy (non-hydrogen) atoms. The molecule has 1 aliphatic heterocycles. The highest BCUT2D eigenvalue weighted by Crippen LogP contribution is 2.28. The fourth-order valence-electron chi connectivity index (χ4n) is 2.09. The monoisotopic (exact) mass is 306 g/mol. The van der Waals surface area contributed by atoms with Gasteiger partial charge in [0.2, 0.25) is 0 Å². The molecule has 0 aliphatic carbocycles. The quantitative estimate of drug-likeness (QED) is 0.425. The third-order valence-corrected chi connectivity index (χ3v) is 3.01. The number of nitro groups is 1. The number of non-ortho nitro benzene ring substituents is 1. The van der Waals surface area contributed by atoms with Gasteiger partial charge < -0.3 is 15.8 Å².